The van der Waals surface area contributed by atoms with Gasteiger partial charge < -0.3 is 4.74 Å². The summed E-state index contributed by atoms with van der Waals surface area (Å²) in [6.07, 6.45) is 5.30. The molecule has 1 aromatic heterocycles. The molecule has 2 aromatic rings. The van der Waals surface area contributed by atoms with Gasteiger partial charge >= 0.3 is 0 Å². The molecule has 0 saturated heterocycles. The number of hydrogen-bond donors (Lipinski definition) is 0. The van der Waals surface area contributed by atoms with Crippen molar-refractivity contribution in [2.24, 2.45) is 0 Å². The summed E-state index contributed by atoms with van der Waals surface area (Å²) in [4.78, 5) is 4.20. The van der Waals surface area contributed by atoms with Gasteiger partial charge in [-0.05, 0) is 31.2 Å². The van der Waals surface area contributed by atoms with Crippen LogP contribution in [0.25, 0.3) is 10.9 Å². The molecule has 0 bridgehead atoms. The van der Waals surface area contributed by atoms with E-state index in [0.717, 1.165) is 0 Å². The number of hydrogen-bond acceptors (Lipinski definition) is 4. The van der Waals surface area contributed by atoms with Gasteiger partial charge in [0.2, 0.25) is 0 Å². The number of ether oxygens (including phenoxy) is 1. The fourth-order valence-corrected chi connectivity index (χ4v) is 2.75. The first-order chi connectivity index (χ1) is 9.04. The van der Waals surface area contributed by atoms with Gasteiger partial charge in [-0.15, -0.1) is 0 Å². The maximum Gasteiger partial charge on any atom is 0.261 e. The summed E-state index contributed by atoms with van der Waals surface area (Å²) in [5.74, 6) is 0.526. The summed E-state index contributed by atoms with van der Waals surface area (Å²) >= 11 is 0. The number of fused-ring (bicyclic) bond motifs is 1. The van der Waals surface area contributed by atoms with Gasteiger partial charge in [0.15, 0.2) is 0 Å². The summed E-state index contributed by atoms with van der Waals surface area (Å²) in [6.45, 7) is 2.29. The van der Waals surface area contributed by atoms with E-state index in [0.29, 0.717) is 23.3 Å². The Kier molecular flexibility index (Phi) is 4.07. The molecule has 4 nitrogen and oxygen atoms in total. The largest absolute Gasteiger partial charge is 0.487 e. The summed E-state index contributed by atoms with van der Waals surface area (Å²) in [6, 6.07) is 6.30. The van der Waals surface area contributed by atoms with Crippen LogP contribution in [-0.4, -0.2) is 20.0 Å². The molecule has 19 heavy (non-hydrogen) atoms. The highest BCUT2D eigenvalue weighted by Crippen LogP contribution is 2.31. The van der Waals surface area contributed by atoms with Crippen LogP contribution in [0.5, 0.6) is 5.75 Å². The van der Waals surface area contributed by atoms with Gasteiger partial charge in [0.05, 0.1) is 4.90 Å². The number of nitrogens with zero attached hydrogens (tertiary/aromatic N) is 1. The summed E-state index contributed by atoms with van der Waals surface area (Å²) in [5.41, 5.74) is 0.480. The standard InChI is InChI=1S/C13H12ClNO3S/c1-2-3-9-18-11-6-7-12(19(14,16)17)10-5-4-8-15-13(10)11/h2-8H,9H2,1H3/b3-2+. The van der Waals surface area contributed by atoms with E-state index in [2.05, 4.69) is 4.98 Å². The third-order valence-corrected chi connectivity index (χ3v) is 3.91. The molecule has 100 valence electrons. The van der Waals surface area contributed by atoms with Gasteiger partial charge in [-0.1, -0.05) is 12.2 Å². The van der Waals surface area contributed by atoms with Crippen LogP contribution in [0.1, 0.15) is 6.92 Å². The summed E-state index contributed by atoms with van der Waals surface area (Å²) in [7, 11) is 1.60. The zero-order valence-corrected chi connectivity index (χ0v) is 11.8. The lowest BCUT2D eigenvalue weighted by atomic mass is 10.2. The minimum atomic E-state index is -3.81. The van der Waals surface area contributed by atoms with Crippen LogP contribution in [-0.2, 0) is 9.05 Å². The van der Waals surface area contributed by atoms with E-state index in [4.69, 9.17) is 15.4 Å². The number of aromatic nitrogens is 1. The van der Waals surface area contributed by atoms with Crippen molar-refractivity contribution in [3.63, 3.8) is 0 Å². The molecule has 0 unspecified atom stereocenters. The van der Waals surface area contributed by atoms with Gasteiger partial charge in [0.1, 0.15) is 17.9 Å². The Bertz CT molecular complexity index is 726. The van der Waals surface area contributed by atoms with Crippen LogP contribution in [0, 0.1) is 0 Å². The molecule has 1 aromatic carbocycles. The van der Waals surface area contributed by atoms with E-state index < -0.39 is 9.05 Å². The number of rotatable bonds is 4. The molecular weight excluding hydrogens is 286 g/mol. The van der Waals surface area contributed by atoms with Crippen LogP contribution in [0.2, 0.25) is 0 Å². The summed E-state index contributed by atoms with van der Waals surface area (Å²) in [5, 5.41) is 0.454. The Morgan fingerprint density at radius 1 is 1.37 bits per heavy atom. The van der Waals surface area contributed by atoms with Crippen LogP contribution in [0.4, 0.5) is 0 Å². The van der Waals surface area contributed by atoms with Crippen molar-refractivity contribution in [2.45, 2.75) is 11.8 Å². The maximum absolute atomic E-state index is 11.5. The molecular formula is C13H12ClNO3S. The molecule has 0 spiro atoms. The fourth-order valence-electron chi connectivity index (χ4n) is 1.68. The van der Waals surface area contributed by atoms with E-state index in [-0.39, 0.29) is 4.90 Å². The second-order valence-corrected chi connectivity index (χ2v) is 6.31. The molecule has 1 heterocycles. The minimum absolute atomic E-state index is 0.0376. The monoisotopic (exact) mass is 297 g/mol. The van der Waals surface area contributed by atoms with Gasteiger partial charge in [0, 0.05) is 22.3 Å². The van der Waals surface area contributed by atoms with E-state index in [9.17, 15) is 8.42 Å². The van der Waals surface area contributed by atoms with Crippen LogP contribution in [0.3, 0.4) is 0 Å². The van der Waals surface area contributed by atoms with E-state index in [1.807, 2.05) is 19.1 Å². The predicted octanol–water partition coefficient (Wildman–Crippen LogP) is 3.12. The number of pyridine rings is 1. The van der Waals surface area contributed by atoms with Gasteiger partial charge in [-0.2, -0.15) is 0 Å². The smallest absolute Gasteiger partial charge is 0.261 e. The number of halogens is 1. The first-order valence-corrected chi connectivity index (χ1v) is 7.91. The lowest BCUT2D eigenvalue weighted by Gasteiger charge is -2.09. The lowest BCUT2D eigenvalue weighted by molar-refractivity contribution is 0.366. The van der Waals surface area contributed by atoms with E-state index >= 15 is 0 Å². The number of benzene rings is 1. The lowest BCUT2D eigenvalue weighted by Crippen LogP contribution is -1.98. The molecule has 0 aliphatic heterocycles. The molecule has 0 N–H and O–H groups in total. The highest BCUT2D eigenvalue weighted by atomic mass is 35.7. The molecule has 0 aliphatic rings. The molecule has 2 rings (SSSR count). The highest BCUT2D eigenvalue weighted by Gasteiger charge is 2.16. The Labute approximate surface area is 116 Å². The van der Waals surface area contributed by atoms with Crippen molar-refractivity contribution in [1.29, 1.82) is 0 Å². The van der Waals surface area contributed by atoms with E-state index in [1.165, 1.54) is 6.07 Å². The van der Waals surface area contributed by atoms with Crippen molar-refractivity contribution in [3.8, 4) is 5.75 Å². The number of allylic oxidation sites excluding steroid dienone is 1. The predicted molar refractivity (Wildman–Crippen MR) is 75.1 cm³/mol. The third-order valence-electron chi connectivity index (χ3n) is 2.53. The minimum Gasteiger partial charge on any atom is -0.487 e. The van der Waals surface area contributed by atoms with Crippen molar-refractivity contribution in [1.82, 2.24) is 4.98 Å². The Hall–Kier alpha value is -1.59. The van der Waals surface area contributed by atoms with Gasteiger partial charge in [-0.3, -0.25) is 4.98 Å². The first-order valence-electron chi connectivity index (χ1n) is 5.60. The molecule has 6 heteroatoms. The SMILES string of the molecule is C/C=C/COc1ccc(S(=O)(=O)Cl)c2cccnc12. The fraction of sp³-hybridized carbons (Fsp3) is 0.154. The molecule has 0 aliphatic carbocycles. The Morgan fingerprint density at radius 3 is 2.84 bits per heavy atom. The molecule has 0 fully saturated rings. The Balaban J connectivity index is 2.58. The topological polar surface area (TPSA) is 56.3 Å². The second-order valence-electron chi connectivity index (χ2n) is 3.78. The van der Waals surface area contributed by atoms with Crippen LogP contribution in [0.15, 0.2) is 47.5 Å². The zero-order chi connectivity index (χ0) is 13.9. The quantitative estimate of drug-likeness (QED) is 0.643. The van der Waals surface area contributed by atoms with Gasteiger partial charge in [0.25, 0.3) is 9.05 Å². The van der Waals surface area contributed by atoms with Crippen LogP contribution < -0.4 is 4.74 Å². The zero-order valence-electron chi connectivity index (χ0n) is 10.2. The average Bonchev–Trinajstić information content (AvgIpc) is 2.37. The third kappa shape index (κ3) is 3.05. The van der Waals surface area contributed by atoms with Crippen molar-refractivity contribution < 1.29 is 13.2 Å². The van der Waals surface area contributed by atoms with Crippen molar-refractivity contribution in [2.75, 3.05) is 6.61 Å². The molecule has 0 saturated carbocycles. The van der Waals surface area contributed by atoms with Crippen molar-refractivity contribution in [3.05, 3.63) is 42.6 Å². The van der Waals surface area contributed by atoms with Crippen molar-refractivity contribution >= 4 is 30.6 Å². The average molecular weight is 298 g/mol. The molecule has 0 radical (unpaired) electrons. The normalized spacial score (nSPS) is 12.1. The van der Waals surface area contributed by atoms with E-state index in [1.54, 1.807) is 24.4 Å². The second kappa shape index (κ2) is 5.59. The first kappa shape index (κ1) is 13.8. The maximum atomic E-state index is 11.5. The van der Waals surface area contributed by atoms with Crippen LogP contribution >= 0.6 is 10.7 Å². The summed E-state index contributed by atoms with van der Waals surface area (Å²) < 4.78 is 28.5. The Morgan fingerprint density at radius 2 is 2.16 bits per heavy atom. The molecule has 0 amide bonds. The molecule has 0 atom stereocenters. The highest BCUT2D eigenvalue weighted by molar-refractivity contribution is 8.14. The van der Waals surface area contributed by atoms with Gasteiger partial charge in [-0.25, -0.2) is 8.42 Å².